The number of carbonyl (C=O) groups is 2. The van der Waals surface area contributed by atoms with Crippen LogP contribution in [-0.2, 0) is 14.3 Å². The van der Waals surface area contributed by atoms with E-state index in [1.165, 1.54) is 12.8 Å². The molecular formula is C25H45N5O3. The maximum atomic E-state index is 13.5. The SMILES string of the molecule is COC1CCCC(C2CC(C(=O)NCC3C(=O)NC(C)CC3C)C3CNN(C(C)C)C3N2)C1. The number of nitrogens with one attached hydrogen (secondary N) is 4. The Labute approximate surface area is 199 Å². The van der Waals surface area contributed by atoms with E-state index in [9.17, 15) is 9.59 Å². The van der Waals surface area contributed by atoms with Gasteiger partial charge < -0.3 is 15.4 Å². The fraction of sp³-hybridized carbons (Fsp3) is 0.920. The number of piperidine rings is 2. The summed E-state index contributed by atoms with van der Waals surface area (Å²) >= 11 is 0. The van der Waals surface area contributed by atoms with Crippen molar-refractivity contribution >= 4 is 11.8 Å². The molecule has 0 spiro atoms. The van der Waals surface area contributed by atoms with Gasteiger partial charge in [0, 0.05) is 50.2 Å². The first-order chi connectivity index (χ1) is 15.8. The number of hydrazine groups is 1. The first kappa shape index (κ1) is 24.9. The third kappa shape index (κ3) is 5.39. The number of ether oxygens (including phenoxy) is 1. The van der Waals surface area contributed by atoms with Crippen molar-refractivity contribution < 1.29 is 14.3 Å². The van der Waals surface area contributed by atoms with E-state index in [1.54, 1.807) is 0 Å². The van der Waals surface area contributed by atoms with E-state index in [-0.39, 0.29) is 47.7 Å². The highest BCUT2D eigenvalue weighted by molar-refractivity contribution is 5.83. The Kier molecular flexibility index (Phi) is 7.98. The van der Waals surface area contributed by atoms with Crippen molar-refractivity contribution in [1.82, 2.24) is 26.4 Å². The summed E-state index contributed by atoms with van der Waals surface area (Å²) in [4.78, 5) is 26.1. The Morgan fingerprint density at radius 3 is 2.70 bits per heavy atom. The molecule has 4 N–H and O–H groups in total. The van der Waals surface area contributed by atoms with Crippen LogP contribution >= 0.6 is 0 Å². The number of methoxy groups -OCH3 is 1. The Morgan fingerprint density at radius 1 is 1.21 bits per heavy atom. The van der Waals surface area contributed by atoms with Gasteiger partial charge in [-0.15, -0.1) is 0 Å². The molecule has 3 heterocycles. The molecule has 2 amide bonds. The maximum absolute atomic E-state index is 13.5. The molecule has 3 saturated heterocycles. The average Bonchev–Trinajstić information content (AvgIpc) is 3.22. The van der Waals surface area contributed by atoms with E-state index >= 15 is 0 Å². The molecule has 1 saturated carbocycles. The molecule has 188 valence electrons. The topological polar surface area (TPSA) is 94.7 Å². The summed E-state index contributed by atoms with van der Waals surface area (Å²) in [5, 5.41) is 12.5. The summed E-state index contributed by atoms with van der Waals surface area (Å²) in [6.07, 6.45) is 6.87. The first-order valence-electron chi connectivity index (χ1n) is 13.2. The van der Waals surface area contributed by atoms with Crippen molar-refractivity contribution in [3.05, 3.63) is 0 Å². The monoisotopic (exact) mass is 463 g/mol. The first-order valence-corrected chi connectivity index (χ1v) is 13.2. The lowest BCUT2D eigenvalue weighted by molar-refractivity contribution is -0.132. The van der Waals surface area contributed by atoms with Crippen LogP contribution in [0.5, 0.6) is 0 Å². The van der Waals surface area contributed by atoms with Crippen molar-refractivity contribution in [2.24, 2.45) is 29.6 Å². The van der Waals surface area contributed by atoms with Crippen LogP contribution in [0.1, 0.15) is 66.2 Å². The smallest absolute Gasteiger partial charge is 0.225 e. The Bertz CT molecular complexity index is 704. The third-order valence-electron chi connectivity index (χ3n) is 8.72. The van der Waals surface area contributed by atoms with Gasteiger partial charge in [0.25, 0.3) is 0 Å². The van der Waals surface area contributed by atoms with Crippen LogP contribution in [0, 0.1) is 29.6 Å². The van der Waals surface area contributed by atoms with E-state index in [2.05, 4.69) is 47.2 Å². The zero-order valence-electron chi connectivity index (χ0n) is 21.1. The molecule has 0 radical (unpaired) electrons. The number of nitrogens with zero attached hydrogens (tertiary/aromatic N) is 1. The number of rotatable bonds is 6. The third-order valence-corrected chi connectivity index (χ3v) is 8.72. The summed E-state index contributed by atoms with van der Waals surface area (Å²) in [7, 11) is 1.82. The summed E-state index contributed by atoms with van der Waals surface area (Å²) in [5.74, 6) is 1.02. The summed E-state index contributed by atoms with van der Waals surface area (Å²) in [5.41, 5.74) is 3.55. The molecule has 0 bridgehead atoms. The van der Waals surface area contributed by atoms with Gasteiger partial charge in [0.15, 0.2) is 0 Å². The normalized spacial score (nSPS) is 42.1. The number of carbonyl (C=O) groups excluding carboxylic acids is 2. The van der Waals surface area contributed by atoms with Gasteiger partial charge in [-0.25, -0.2) is 5.01 Å². The molecule has 33 heavy (non-hydrogen) atoms. The molecule has 0 aromatic carbocycles. The minimum Gasteiger partial charge on any atom is -0.381 e. The van der Waals surface area contributed by atoms with Crippen LogP contribution in [0.2, 0.25) is 0 Å². The highest BCUT2D eigenvalue weighted by atomic mass is 16.5. The molecule has 0 aromatic heterocycles. The number of amides is 2. The predicted octanol–water partition coefficient (Wildman–Crippen LogP) is 1.62. The van der Waals surface area contributed by atoms with E-state index in [0.717, 1.165) is 32.2 Å². The minimum absolute atomic E-state index is 0.0543. The summed E-state index contributed by atoms with van der Waals surface area (Å²) < 4.78 is 5.70. The van der Waals surface area contributed by atoms with Crippen molar-refractivity contribution in [2.45, 2.75) is 96.6 Å². The molecule has 4 aliphatic rings. The van der Waals surface area contributed by atoms with Crippen molar-refractivity contribution in [1.29, 1.82) is 0 Å². The van der Waals surface area contributed by atoms with Gasteiger partial charge in [0.1, 0.15) is 0 Å². The van der Waals surface area contributed by atoms with Gasteiger partial charge in [-0.3, -0.25) is 20.3 Å². The molecule has 1 aliphatic carbocycles. The molecule has 0 aromatic rings. The number of fused-ring (bicyclic) bond motifs is 1. The Balaban J connectivity index is 1.45. The lowest BCUT2D eigenvalue weighted by Gasteiger charge is -2.46. The highest BCUT2D eigenvalue weighted by Gasteiger charge is 2.49. The predicted molar refractivity (Wildman–Crippen MR) is 128 cm³/mol. The van der Waals surface area contributed by atoms with Crippen LogP contribution < -0.4 is 21.4 Å². The lowest BCUT2D eigenvalue weighted by atomic mass is 9.73. The van der Waals surface area contributed by atoms with Gasteiger partial charge in [0.2, 0.25) is 11.8 Å². The average molecular weight is 464 g/mol. The largest absolute Gasteiger partial charge is 0.381 e. The van der Waals surface area contributed by atoms with Crippen LogP contribution in [0.15, 0.2) is 0 Å². The van der Waals surface area contributed by atoms with Crippen molar-refractivity contribution in [3.63, 3.8) is 0 Å². The van der Waals surface area contributed by atoms with Crippen LogP contribution in [0.4, 0.5) is 0 Å². The number of hydrogen-bond acceptors (Lipinski definition) is 6. The molecule has 4 fully saturated rings. The maximum Gasteiger partial charge on any atom is 0.225 e. The van der Waals surface area contributed by atoms with Gasteiger partial charge in [-0.2, -0.15) is 0 Å². The zero-order chi connectivity index (χ0) is 23.7. The molecule has 3 aliphatic heterocycles. The fourth-order valence-electron chi connectivity index (χ4n) is 6.85. The molecule has 8 heteroatoms. The van der Waals surface area contributed by atoms with Gasteiger partial charge in [-0.05, 0) is 64.7 Å². The number of hydrogen-bond donors (Lipinski definition) is 4. The van der Waals surface area contributed by atoms with Crippen molar-refractivity contribution in [2.75, 3.05) is 20.2 Å². The molecular weight excluding hydrogens is 418 g/mol. The van der Waals surface area contributed by atoms with Crippen LogP contribution in [-0.4, -0.2) is 67.4 Å². The second kappa shape index (κ2) is 10.6. The Hall–Kier alpha value is -1.22. The minimum atomic E-state index is -0.145. The van der Waals surface area contributed by atoms with E-state index < -0.39 is 0 Å². The molecule has 9 unspecified atom stereocenters. The second-order valence-corrected chi connectivity index (χ2v) is 11.3. The van der Waals surface area contributed by atoms with Crippen LogP contribution in [0.25, 0.3) is 0 Å². The quantitative estimate of drug-likeness (QED) is 0.478. The summed E-state index contributed by atoms with van der Waals surface area (Å²) in [6.45, 7) is 9.80. The van der Waals surface area contributed by atoms with Gasteiger partial charge in [-0.1, -0.05) is 13.3 Å². The lowest BCUT2D eigenvalue weighted by Crippen LogP contribution is -2.62. The Morgan fingerprint density at radius 2 is 2.00 bits per heavy atom. The molecule has 4 rings (SSSR count). The highest BCUT2D eigenvalue weighted by Crippen LogP contribution is 2.38. The van der Waals surface area contributed by atoms with E-state index in [1.807, 2.05) is 14.0 Å². The zero-order valence-corrected chi connectivity index (χ0v) is 21.1. The molecule has 9 atom stereocenters. The van der Waals surface area contributed by atoms with E-state index in [4.69, 9.17) is 4.74 Å². The second-order valence-electron chi connectivity index (χ2n) is 11.3. The molecule has 8 nitrogen and oxygen atoms in total. The van der Waals surface area contributed by atoms with Gasteiger partial charge in [0.05, 0.1) is 18.2 Å². The summed E-state index contributed by atoms with van der Waals surface area (Å²) in [6, 6.07) is 0.865. The fourth-order valence-corrected chi connectivity index (χ4v) is 6.85. The van der Waals surface area contributed by atoms with Crippen molar-refractivity contribution in [3.8, 4) is 0 Å². The standard InChI is InChI=1S/C25H45N5O3/c1-14(2)30-23-21(13-27-30)19(11-22(29-23)17-7-6-8-18(10-17)33-5)24(31)26-12-20-15(3)9-16(4)28-25(20)32/h14-23,27,29H,6-13H2,1-5H3,(H,26,31)(H,28,32). The van der Waals surface area contributed by atoms with E-state index in [0.29, 0.717) is 30.7 Å². The van der Waals surface area contributed by atoms with Crippen LogP contribution in [0.3, 0.4) is 0 Å². The van der Waals surface area contributed by atoms with Gasteiger partial charge >= 0.3 is 0 Å².